The summed E-state index contributed by atoms with van der Waals surface area (Å²) >= 11 is 0. The molecule has 10 heteroatoms. The minimum Gasteiger partial charge on any atom is -0.492 e. The van der Waals surface area contributed by atoms with Crippen LogP contribution in [0.1, 0.15) is 25.7 Å². The standard InChI is InChI=1S/C25H28N6O4/c1-29(2)19-13-11-18(12-14-19)27-28-25-26-20-8-5-6-9-21(20)30(25)17-7-3-4-10-24(34)35-31-22(32)15-16-23(31)33/h5-6,8-9,11-16,32-33H,3-4,7,10,17H2,1-2H3. The number of para-hydroxylation sites is 2. The number of imidazole rings is 1. The molecule has 182 valence electrons. The zero-order valence-electron chi connectivity index (χ0n) is 19.7. The number of aromatic hydroxyl groups is 2. The Balaban J connectivity index is 1.36. The fraction of sp³-hybridized carbons (Fsp3) is 0.280. The first-order valence-corrected chi connectivity index (χ1v) is 11.4. The van der Waals surface area contributed by atoms with Gasteiger partial charge in [0.05, 0.1) is 16.7 Å². The van der Waals surface area contributed by atoms with Gasteiger partial charge in [-0.05, 0) is 49.2 Å². The minimum atomic E-state index is -0.533. The number of anilines is 1. The maximum Gasteiger partial charge on any atom is 0.333 e. The van der Waals surface area contributed by atoms with Crippen LogP contribution in [0, 0.1) is 0 Å². The van der Waals surface area contributed by atoms with Gasteiger partial charge in [0.25, 0.3) is 0 Å². The van der Waals surface area contributed by atoms with Crippen LogP contribution in [0.2, 0.25) is 0 Å². The molecule has 0 saturated heterocycles. The van der Waals surface area contributed by atoms with Gasteiger partial charge in [0, 0.05) is 44.9 Å². The van der Waals surface area contributed by atoms with E-state index in [2.05, 4.69) is 15.2 Å². The first-order valence-electron chi connectivity index (χ1n) is 11.4. The summed E-state index contributed by atoms with van der Waals surface area (Å²) in [6, 6.07) is 18.1. The number of aryl methyl sites for hydroxylation is 1. The number of fused-ring (bicyclic) bond motifs is 1. The molecule has 2 aromatic heterocycles. The molecule has 2 N–H and O–H groups in total. The van der Waals surface area contributed by atoms with Gasteiger partial charge in [-0.3, -0.25) is 0 Å². The summed E-state index contributed by atoms with van der Waals surface area (Å²) in [7, 11) is 3.97. The van der Waals surface area contributed by atoms with Crippen LogP contribution < -0.4 is 9.74 Å². The van der Waals surface area contributed by atoms with Crippen LogP contribution in [0.4, 0.5) is 17.3 Å². The van der Waals surface area contributed by atoms with Crippen molar-refractivity contribution in [2.45, 2.75) is 32.2 Å². The van der Waals surface area contributed by atoms with E-state index in [1.54, 1.807) is 0 Å². The van der Waals surface area contributed by atoms with Gasteiger partial charge in [-0.2, -0.15) is 0 Å². The van der Waals surface area contributed by atoms with Crippen molar-refractivity contribution in [3.8, 4) is 11.8 Å². The van der Waals surface area contributed by atoms with Crippen LogP contribution >= 0.6 is 0 Å². The number of azo groups is 1. The van der Waals surface area contributed by atoms with Crippen molar-refractivity contribution in [3.05, 3.63) is 60.7 Å². The van der Waals surface area contributed by atoms with Crippen molar-refractivity contribution >= 4 is 34.3 Å². The lowest BCUT2D eigenvalue weighted by atomic mass is 10.2. The minimum absolute atomic E-state index is 0.164. The molecular weight excluding hydrogens is 448 g/mol. The van der Waals surface area contributed by atoms with E-state index in [0.717, 1.165) is 35.2 Å². The highest BCUT2D eigenvalue weighted by molar-refractivity contribution is 5.78. The number of hydrogen-bond donors (Lipinski definition) is 2. The van der Waals surface area contributed by atoms with Crippen LogP contribution in [-0.4, -0.2) is 44.6 Å². The number of benzene rings is 2. The lowest BCUT2D eigenvalue weighted by Gasteiger charge is -2.11. The number of hydrogen-bond acceptors (Lipinski definition) is 8. The number of nitrogens with zero attached hydrogens (tertiary/aromatic N) is 6. The highest BCUT2D eigenvalue weighted by atomic mass is 16.7. The zero-order chi connectivity index (χ0) is 24.8. The molecule has 0 aliphatic heterocycles. The number of carbonyl (C=O) groups excluding carboxylic acids is 1. The molecular formula is C25H28N6O4. The smallest absolute Gasteiger partial charge is 0.333 e. The number of unbranched alkanes of at least 4 members (excludes halogenated alkanes) is 2. The third-order valence-corrected chi connectivity index (χ3v) is 5.51. The number of rotatable bonds is 10. The molecule has 4 aromatic rings. The summed E-state index contributed by atoms with van der Waals surface area (Å²) < 4.78 is 2.73. The summed E-state index contributed by atoms with van der Waals surface area (Å²) in [6.07, 6.45) is 2.34. The Morgan fingerprint density at radius 3 is 2.37 bits per heavy atom. The summed E-state index contributed by atoms with van der Waals surface area (Å²) in [5.41, 5.74) is 3.65. The van der Waals surface area contributed by atoms with Crippen LogP contribution in [0.3, 0.4) is 0 Å². The second kappa shape index (κ2) is 10.7. The quantitative estimate of drug-likeness (QED) is 0.247. The first kappa shape index (κ1) is 23.8. The lowest BCUT2D eigenvalue weighted by Crippen LogP contribution is -2.18. The largest absolute Gasteiger partial charge is 0.492 e. The molecule has 2 heterocycles. The van der Waals surface area contributed by atoms with Crippen LogP contribution in [0.15, 0.2) is 70.9 Å². The lowest BCUT2D eigenvalue weighted by molar-refractivity contribution is -0.145. The second-order valence-electron chi connectivity index (χ2n) is 8.28. The Morgan fingerprint density at radius 1 is 0.943 bits per heavy atom. The van der Waals surface area contributed by atoms with Crippen molar-refractivity contribution in [2.75, 3.05) is 19.0 Å². The molecule has 2 aromatic carbocycles. The molecule has 0 aliphatic rings. The monoisotopic (exact) mass is 476 g/mol. The van der Waals surface area contributed by atoms with Gasteiger partial charge >= 0.3 is 5.97 Å². The van der Waals surface area contributed by atoms with Gasteiger partial charge < -0.3 is 24.5 Å². The second-order valence-corrected chi connectivity index (χ2v) is 8.28. The number of carbonyl (C=O) groups is 1. The van der Waals surface area contributed by atoms with Crippen molar-refractivity contribution in [1.29, 1.82) is 0 Å². The number of aromatic nitrogens is 3. The fourth-order valence-electron chi connectivity index (χ4n) is 3.64. The highest BCUT2D eigenvalue weighted by Gasteiger charge is 2.13. The zero-order valence-corrected chi connectivity index (χ0v) is 19.7. The van der Waals surface area contributed by atoms with Gasteiger partial charge in [0.2, 0.25) is 17.7 Å². The van der Waals surface area contributed by atoms with Gasteiger partial charge in [0.15, 0.2) is 0 Å². The van der Waals surface area contributed by atoms with Crippen molar-refractivity contribution < 1.29 is 19.8 Å². The van der Waals surface area contributed by atoms with Crippen LogP contribution in [0.5, 0.6) is 11.8 Å². The molecule has 0 bridgehead atoms. The van der Waals surface area contributed by atoms with E-state index in [1.807, 2.05) is 72.1 Å². The van der Waals surface area contributed by atoms with E-state index in [4.69, 9.17) is 4.84 Å². The summed E-state index contributed by atoms with van der Waals surface area (Å²) in [5, 5.41) is 27.9. The van der Waals surface area contributed by atoms with Gasteiger partial charge in [0.1, 0.15) is 0 Å². The van der Waals surface area contributed by atoms with E-state index in [-0.39, 0.29) is 18.2 Å². The normalized spacial score (nSPS) is 11.4. The van der Waals surface area contributed by atoms with E-state index in [1.165, 1.54) is 12.1 Å². The predicted octanol–water partition coefficient (Wildman–Crippen LogP) is 4.95. The fourth-order valence-corrected chi connectivity index (χ4v) is 3.64. The Bertz CT molecular complexity index is 1300. The maximum atomic E-state index is 12.0. The average Bonchev–Trinajstić information content (AvgIpc) is 3.37. The molecule has 0 aliphatic carbocycles. The van der Waals surface area contributed by atoms with Crippen molar-refractivity contribution in [2.24, 2.45) is 10.2 Å². The Hall–Kier alpha value is -4.34. The van der Waals surface area contributed by atoms with Crippen molar-refractivity contribution in [3.63, 3.8) is 0 Å². The summed E-state index contributed by atoms with van der Waals surface area (Å²) in [4.78, 5) is 23.6. The molecule has 0 amide bonds. The van der Waals surface area contributed by atoms with E-state index in [0.29, 0.717) is 23.6 Å². The van der Waals surface area contributed by atoms with Crippen molar-refractivity contribution in [1.82, 2.24) is 14.3 Å². The predicted molar refractivity (Wildman–Crippen MR) is 132 cm³/mol. The third kappa shape index (κ3) is 5.78. The van der Waals surface area contributed by atoms with Gasteiger partial charge in [-0.25, -0.2) is 9.78 Å². The Morgan fingerprint density at radius 2 is 1.66 bits per heavy atom. The first-order chi connectivity index (χ1) is 16.9. The Labute approximate surface area is 202 Å². The molecule has 0 unspecified atom stereocenters. The van der Waals surface area contributed by atoms with E-state index in [9.17, 15) is 15.0 Å². The summed E-state index contributed by atoms with van der Waals surface area (Å²) in [6.45, 7) is 0.669. The molecule has 10 nitrogen and oxygen atoms in total. The third-order valence-electron chi connectivity index (χ3n) is 5.51. The SMILES string of the molecule is CN(C)c1ccc(N=Nc2nc3ccccc3n2CCCCCC(=O)On2c(O)ccc2O)cc1. The van der Waals surface area contributed by atoms with Crippen LogP contribution in [0.25, 0.3) is 11.0 Å². The molecule has 35 heavy (non-hydrogen) atoms. The molecule has 0 saturated carbocycles. The van der Waals surface area contributed by atoms with Crippen LogP contribution in [-0.2, 0) is 11.3 Å². The van der Waals surface area contributed by atoms with Gasteiger partial charge in [-0.1, -0.05) is 18.6 Å². The average molecular weight is 477 g/mol. The molecule has 0 atom stereocenters. The highest BCUT2D eigenvalue weighted by Crippen LogP contribution is 2.26. The van der Waals surface area contributed by atoms with E-state index < -0.39 is 5.97 Å². The molecule has 4 rings (SSSR count). The topological polar surface area (TPSA) is 117 Å². The van der Waals surface area contributed by atoms with E-state index >= 15 is 0 Å². The van der Waals surface area contributed by atoms with Gasteiger partial charge in [-0.15, -0.1) is 15.0 Å². The Kier molecular flexibility index (Phi) is 7.30. The molecule has 0 fully saturated rings. The molecule has 0 radical (unpaired) electrons. The maximum absolute atomic E-state index is 12.0. The summed E-state index contributed by atoms with van der Waals surface area (Å²) in [5.74, 6) is -0.674. The molecule has 0 spiro atoms.